The van der Waals surface area contributed by atoms with Gasteiger partial charge in [-0.2, -0.15) is 5.10 Å². The number of rotatable bonds is 6. The Morgan fingerprint density at radius 1 is 1.19 bits per heavy atom. The lowest BCUT2D eigenvalue weighted by molar-refractivity contribution is -0.0530. The molecule has 1 amide bonds. The van der Waals surface area contributed by atoms with Gasteiger partial charge in [-0.15, -0.1) is 0 Å². The van der Waals surface area contributed by atoms with Crippen molar-refractivity contribution in [2.24, 2.45) is 5.92 Å². The van der Waals surface area contributed by atoms with Gasteiger partial charge in [-0.1, -0.05) is 6.07 Å². The summed E-state index contributed by atoms with van der Waals surface area (Å²) in [6.45, 7) is 1.92. The predicted molar refractivity (Wildman–Crippen MR) is 133 cm³/mol. The van der Waals surface area contributed by atoms with Gasteiger partial charge in [-0.3, -0.25) is 14.5 Å². The Balaban J connectivity index is 1.07. The third-order valence-corrected chi connectivity index (χ3v) is 7.87. The molecule has 4 fully saturated rings. The number of nitrogens with zero attached hydrogens (tertiary/aromatic N) is 5. The molecule has 4 aromatic rings. The Morgan fingerprint density at radius 3 is 2.81 bits per heavy atom. The second-order valence-electron chi connectivity index (χ2n) is 10.6. The number of nitrogens with one attached hydrogen (secondary N) is 3. The Labute approximate surface area is 212 Å². The molecule has 0 spiro atoms. The molecule has 8 rings (SSSR count). The molecule has 4 heterocycles. The second-order valence-corrected chi connectivity index (χ2v) is 10.6. The highest BCUT2D eigenvalue weighted by Crippen LogP contribution is 2.57. The fourth-order valence-corrected chi connectivity index (χ4v) is 5.91. The number of imidazole rings is 1. The van der Waals surface area contributed by atoms with Crippen molar-refractivity contribution in [3.63, 3.8) is 0 Å². The van der Waals surface area contributed by atoms with Gasteiger partial charge in [0.25, 0.3) is 0 Å². The summed E-state index contributed by atoms with van der Waals surface area (Å²) in [7, 11) is 0. The van der Waals surface area contributed by atoms with E-state index < -0.39 is 18.4 Å². The van der Waals surface area contributed by atoms with Crippen molar-refractivity contribution < 1.29 is 13.9 Å². The number of alkyl carbamates (subject to hydrolysis) is 1. The summed E-state index contributed by atoms with van der Waals surface area (Å²) in [5.74, 6) is 1.71. The van der Waals surface area contributed by atoms with E-state index in [1.165, 1.54) is 0 Å². The monoisotopic (exact) mass is 502 g/mol. The molecule has 3 atom stereocenters. The van der Waals surface area contributed by atoms with Crippen LogP contribution in [0.25, 0.3) is 17.0 Å². The zero-order chi connectivity index (χ0) is 25.1. The van der Waals surface area contributed by atoms with Crippen LogP contribution in [0.5, 0.6) is 0 Å². The number of carbonyl (C=O) groups excluding carboxylic acids is 1. The largest absolute Gasteiger partial charge is 0.443 e. The van der Waals surface area contributed by atoms with Gasteiger partial charge >= 0.3 is 6.09 Å². The maximum absolute atomic E-state index is 14.8. The maximum Gasteiger partial charge on any atom is 0.407 e. The summed E-state index contributed by atoms with van der Waals surface area (Å²) in [5.41, 5.74) is 3.71. The molecule has 37 heavy (non-hydrogen) atoms. The minimum atomic E-state index is -1.21. The summed E-state index contributed by atoms with van der Waals surface area (Å²) in [6, 6.07) is 9.41. The molecule has 0 aliphatic heterocycles. The smallest absolute Gasteiger partial charge is 0.407 e. The highest BCUT2D eigenvalue weighted by molar-refractivity contribution is 5.69. The van der Waals surface area contributed by atoms with E-state index in [1.54, 1.807) is 6.20 Å². The van der Waals surface area contributed by atoms with Crippen LogP contribution in [0.2, 0.25) is 0 Å². The highest BCUT2D eigenvalue weighted by Gasteiger charge is 2.58. The molecule has 0 unspecified atom stereocenters. The van der Waals surface area contributed by atoms with Gasteiger partial charge < -0.3 is 15.4 Å². The summed E-state index contributed by atoms with van der Waals surface area (Å²) in [6.07, 6.45) is 4.86. The van der Waals surface area contributed by atoms with Crippen molar-refractivity contribution in [3.8, 4) is 11.4 Å². The maximum atomic E-state index is 14.8. The lowest BCUT2D eigenvalue weighted by Gasteiger charge is -2.61. The lowest BCUT2D eigenvalue weighted by Crippen LogP contribution is -2.68. The van der Waals surface area contributed by atoms with E-state index >= 15 is 0 Å². The van der Waals surface area contributed by atoms with Crippen LogP contribution in [-0.4, -0.2) is 53.5 Å². The quantitative estimate of drug-likeness (QED) is 0.357. The Hall–Kier alpha value is -4.02. The molecule has 4 aliphatic rings. The highest BCUT2D eigenvalue weighted by atomic mass is 19.1. The number of amides is 1. The fourth-order valence-electron chi connectivity index (χ4n) is 5.91. The van der Waals surface area contributed by atoms with E-state index in [9.17, 15) is 9.18 Å². The molecule has 0 radical (unpaired) electrons. The van der Waals surface area contributed by atoms with Crippen LogP contribution in [0.3, 0.4) is 0 Å². The first-order chi connectivity index (χ1) is 17.9. The van der Waals surface area contributed by atoms with Crippen LogP contribution in [0.1, 0.15) is 49.4 Å². The normalized spacial score (nSPS) is 27.9. The number of halogens is 1. The molecule has 4 aliphatic carbocycles. The molecule has 4 aromatic heterocycles. The van der Waals surface area contributed by atoms with E-state index in [2.05, 4.69) is 30.8 Å². The number of fused-ring (bicyclic) bond motifs is 1. The minimum absolute atomic E-state index is 0.0867. The standard InChI is InChI=1S/C26H27FN8O2/c1-14-13-35-23(29-14)9-20(18-4-2-3-5-28-18)30-24(35)31-22-8-19(33-34-22)16-6-17(27)21(7-16)37-25(36)32-26-10-15(11-26)12-26/h2-5,8-9,13,15-17,21H,6-7,10-12H2,1H3,(H,32,36)(H2,30,31,33,34)/t15?,16-,17+,21-,26?/m0/s1. The lowest BCUT2D eigenvalue weighted by atomic mass is 9.50. The van der Waals surface area contributed by atoms with Crippen molar-refractivity contribution in [2.45, 2.75) is 62.8 Å². The summed E-state index contributed by atoms with van der Waals surface area (Å²) < 4.78 is 22.1. The van der Waals surface area contributed by atoms with E-state index in [-0.39, 0.29) is 17.9 Å². The van der Waals surface area contributed by atoms with Crippen molar-refractivity contribution in [1.29, 1.82) is 0 Å². The number of carbonyl (C=O) groups is 1. The van der Waals surface area contributed by atoms with Gasteiger partial charge in [0, 0.05) is 41.7 Å². The summed E-state index contributed by atoms with van der Waals surface area (Å²) in [5, 5.41) is 13.6. The third kappa shape index (κ3) is 3.98. The molecule has 11 heteroatoms. The molecule has 190 valence electrons. The topological polar surface area (TPSA) is 122 Å². The first-order valence-corrected chi connectivity index (χ1v) is 12.7. The van der Waals surface area contributed by atoms with E-state index in [0.717, 1.165) is 47.9 Å². The zero-order valence-electron chi connectivity index (χ0n) is 20.3. The van der Waals surface area contributed by atoms with Gasteiger partial charge in [0.05, 0.1) is 17.1 Å². The van der Waals surface area contributed by atoms with E-state index in [4.69, 9.17) is 9.72 Å². The summed E-state index contributed by atoms with van der Waals surface area (Å²) >= 11 is 0. The molecular formula is C26H27FN8O2. The van der Waals surface area contributed by atoms with Crippen molar-refractivity contribution in [2.75, 3.05) is 5.32 Å². The number of aromatic nitrogens is 6. The van der Waals surface area contributed by atoms with Crippen LogP contribution in [-0.2, 0) is 4.74 Å². The first kappa shape index (κ1) is 22.2. The minimum Gasteiger partial charge on any atom is -0.443 e. The Morgan fingerprint density at radius 2 is 2.05 bits per heavy atom. The zero-order valence-corrected chi connectivity index (χ0v) is 20.3. The molecular weight excluding hydrogens is 475 g/mol. The van der Waals surface area contributed by atoms with Crippen molar-refractivity contribution >= 4 is 23.5 Å². The number of ether oxygens (including phenoxy) is 1. The average Bonchev–Trinajstić information content (AvgIpc) is 3.54. The van der Waals surface area contributed by atoms with Crippen molar-refractivity contribution in [3.05, 3.63) is 54.1 Å². The molecule has 4 saturated carbocycles. The van der Waals surface area contributed by atoms with Gasteiger partial charge in [0.2, 0.25) is 5.95 Å². The van der Waals surface area contributed by atoms with Crippen LogP contribution in [0, 0.1) is 12.8 Å². The van der Waals surface area contributed by atoms with E-state index in [1.807, 2.05) is 47.9 Å². The number of hydrogen-bond donors (Lipinski definition) is 3. The van der Waals surface area contributed by atoms with Gasteiger partial charge in [0.15, 0.2) is 5.82 Å². The van der Waals surface area contributed by atoms with Crippen LogP contribution in [0.4, 0.5) is 21.0 Å². The second kappa shape index (κ2) is 8.25. The van der Waals surface area contributed by atoms with E-state index in [0.29, 0.717) is 23.9 Å². The van der Waals surface area contributed by atoms with Crippen LogP contribution >= 0.6 is 0 Å². The number of alkyl halides is 1. The third-order valence-electron chi connectivity index (χ3n) is 7.87. The number of H-pyrrole nitrogens is 1. The number of aromatic amines is 1. The van der Waals surface area contributed by atoms with Gasteiger partial charge in [0.1, 0.15) is 17.9 Å². The van der Waals surface area contributed by atoms with Crippen LogP contribution in [0.15, 0.2) is 42.7 Å². The average molecular weight is 503 g/mol. The van der Waals surface area contributed by atoms with Gasteiger partial charge in [-0.25, -0.2) is 19.2 Å². The Bertz CT molecular complexity index is 1470. The molecule has 3 N–H and O–H groups in total. The number of aryl methyl sites for hydroxylation is 1. The number of hydrogen-bond acceptors (Lipinski definition) is 7. The molecule has 2 bridgehead atoms. The SMILES string of the molecule is Cc1cn2c(Nc3cc([C@H]4C[C@@H](F)[C@@H](OC(=O)NC56CC(C5)C6)C4)[nH]n3)nc(-c3ccccn3)cc2n1. The number of anilines is 2. The number of pyridine rings is 1. The molecule has 0 aromatic carbocycles. The fraction of sp³-hybridized carbons (Fsp3) is 0.423. The first-order valence-electron chi connectivity index (χ1n) is 12.7. The van der Waals surface area contributed by atoms with Gasteiger partial charge in [-0.05, 0) is 57.1 Å². The van der Waals surface area contributed by atoms with Crippen molar-refractivity contribution in [1.82, 2.24) is 34.9 Å². The summed E-state index contributed by atoms with van der Waals surface area (Å²) in [4.78, 5) is 26.1. The molecule has 0 saturated heterocycles. The Kier molecular flexibility index (Phi) is 4.95. The predicted octanol–water partition coefficient (Wildman–Crippen LogP) is 4.43. The molecule has 10 nitrogen and oxygen atoms in total. The van der Waals surface area contributed by atoms with Crippen LogP contribution < -0.4 is 10.6 Å².